The molecule has 0 aliphatic carbocycles. The first kappa shape index (κ1) is 21.9. The van der Waals surface area contributed by atoms with Crippen LogP contribution < -0.4 is 4.74 Å². The molecule has 0 spiro atoms. The van der Waals surface area contributed by atoms with Crippen LogP contribution in [0.2, 0.25) is 0 Å². The maximum Gasteiger partial charge on any atom is 0.257 e. The number of carbonyl (C=O) groups excluding carboxylic acids is 1. The number of H-pyrrole nitrogens is 1. The van der Waals surface area contributed by atoms with Gasteiger partial charge in [0.25, 0.3) is 5.91 Å². The lowest BCUT2D eigenvalue weighted by atomic mass is 9.92. The number of aromatic nitrogens is 2. The molecule has 2 aromatic rings. The van der Waals surface area contributed by atoms with Crippen molar-refractivity contribution in [2.45, 2.75) is 64.3 Å². The molecule has 6 heteroatoms. The summed E-state index contributed by atoms with van der Waals surface area (Å²) in [6.45, 7) is 7.50. The lowest BCUT2D eigenvalue weighted by Crippen LogP contribution is -2.36. The molecule has 0 radical (unpaired) electrons. The van der Waals surface area contributed by atoms with Crippen molar-refractivity contribution >= 4 is 5.91 Å². The van der Waals surface area contributed by atoms with Crippen molar-refractivity contribution in [3.05, 3.63) is 47.3 Å². The van der Waals surface area contributed by atoms with Gasteiger partial charge >= 0.3 is 0 Å². The van der Waals surface area contributed by atoms with E-state index in [0.717, 1.165) is 88.4 Å². The quantitative estimate of drug-likeness (QED) is 0.706. The van der Waals surface area contributed by atoms with Crippen molar-refractivity contribution in [2.24, 2.45) is 0 Å². The molecule has 1 atom stereocenters. The number of ether oxygens (including phenoxy) is 1. The van der Waals surface area contributed by atoms with Crippen LogP contribution in [0.5, 0.6) is 5.75 Å². The van der Waals surface area contributed by atoms with Crippen LogP contribution in [-0.4, -0.2) is 58.7 Å². The smallest absolute Gasteiger partial charge is 0.257 e. The molecule has 3 heterocycles. The minimum atomic E-state index is 0.154. The molecule has 0 saturated carbocycles. The van der Waals surface area contributed by atoms with Crippen LogP contribution in [0.15, 0.2) is 30.5 Å². The van der Waals surface area contributed by atoms with Crippen LogP contribution >= 0.6 is 0 Å². The Morgan fingerprint density at radius 1 is 1.13 bits per heavy atom. The topological polar surface area (TPSA) is 61.5 Å². The maximum atomic E-state index is 13.2. The zero-order valence-corrected chi connectivity index (χ0v) is 18.8. The first-order valence-corrected chi connectivity index (χ1v) is 12.0. The van der Waals surface area contributed by atoms with Crippen LogP contribution in [0.4, 0.5) is 0 Å². The number of aromatic amines is 1. The van der Waals surface area contributed by atoms with Crippen LogP contribution in [-0.2, 0) is 6.54 Å². The zero-order valence-electron chi connectivity index (χ0n) is 18.8. The second-order valence-corrected chi connectivity index (χ2v) is 8.93. The van der Waals surface area contributed by atoms with E-state index in [1.54, 1.807) is 6.20 Å². The molecule has 1 N–H and O–H groups in total. The minimum Gasteiger partial charge on any atom is -0.493 e. The van der Waals surface area contributed by atoms with Crippen molar-refractivity contribution in [2.75, 3.05) is 32.8 Å². The van der Waals surface area contributed by atoms with E-state index in [-0.39, 0.29) is 5.91 Å². The summed E-state index contributed by atoms with van der Waals surface area (Å²) in [7, 11) is 0. The normalized spacial score (nSPS) is 20.4. The summed E-state index contributed by atoms with van der Waals surface area (Å²) in [5.74, 6) is 1.46. The highest BCUT2D eigenvalue weighted by molar-refractivity contribution is 5.95. The van der Waals surface area contributed by atoms with Crippen molar-refractivity contribution in [1.29, 1.82) is 0 Å². The van der Waals surface area contributed by atoms with Crippen molar-refractivity contribution in [3.8, 4) is 5.75 Å². The molecule has 2 fully saturated rings. The number of hydrogen-bond acceptors (Lipinski definition) is 4. The fourth-order valence-electron chi connectivity index (χ4n) is 4.88. The molecule has 1 aromatic carbocycles. The standard InChI is InChI=1S/C25H36N4O2/c1-2-16-31-23-12-6-5-10-20(23)18-28-13-9-11-21(19-28)24-22(17-26-27-24)25(30)29-14-7-3-4-8-15-29/h5-6,10,12,17,21H,2-4,7-9,11,13-16,18-19H2,1H3,(H,26,27)/t21-/m1/s1. The summed E-state index contributed by atoms with van der Waals surface area (Å²) < 4.78 is 5.96. The largest absolute Gasteiger partial charge is 0.493 e. The number of nitrogens with zero attached hydrogens (tertiary/aromatic N) is 3. The number of likely N-dealkylation sites (tertiary alicyclic amines) is 2. The molecule has 168 valence electrons. The summed E-state index contributed by atoms with van der Waals surface area (Å²) in [6.07, 6.45) is 9.63. The first-order chi connectivity index (χ1) is 15.3. The zero-order chi connectivity index (χ0) is 21.5. The van der Waals surface area contributed by atoms with Gasteiger partial charge in [0.05, 0.1) is 24.1 Å². The molecular weight excluding hydrogens is 388 g/mol. The van der Waals surface area contributed by atoms with E-state index in [1.807, 2.05) is 11.0 Å². The summed E-state index contributed by atoms with van der Waals surface area (Å²) in [6, 6.07) is 8.36. The first-order valence-electron chi connectivity index (χ1n) is 12.0. The molecule has 4 rings (SSSR count). The Morgan fingerprint density at radius 3 is 2.74 bits per heavy atom. The van der Waals surface area contributed by atoms with Gasteiger partial charge in [-0.25, -0.2) is 0 Å². The number of amides is 1. The van der Waals surface area contributed by atoms with Crippen molar-refractivity contribution in [3.63, 3.8) is 0 Å². The highest BCUT2D eigenvalue weighted by Crippen LogP contribution is 2.31. The van der Waals surface area contributed by atoms with E-state index in [1.165, 1.54) is 18.4 Å². The van der Waals surface area contributed by atoms with Gasteiger partial charge in [-0.2, -0.15) is 5.10 Å². The molecule has 31 heavy (non-hydrogen) atoms. The van der Waals surface area contributed by atoms with Crippen molar-refractivity contribution < 1.29 is 9.53 Å². The SMILES string of the molecule is CCCOc1ccccc1CN1CCC[C@@H](c2[nH]ncc2C(=O)N2CCCCCC2)C1. The van der Waals surface area contributed by atoms with Crippen LogP contribution in [0.3, 0.4) is 0 Å². The molecule has 0 unspecified atom stereocenters. The van der Waals surface area contributed by atoms with Gasteiger partial charge in [-0.15, -0.1) is 0 Å². The fourth-order valence-corrected chi connectivity index (χ4v) is 4.88. The third-order valence-electron chi connectivity index (χ3n) is 6.53. The number of benzene rings is 1. The van der Waals surface area contributed by atoms with E-state index in [4.69, 9.17) is 4.74 Å². The van der Waals surface area contributed by atoms with E-state index >= 15 is 0 Å². The Kier molecular flexibility index (Phi) is 7.62. The Bertz CT molecular complexity index is 842. The number of carbonyl (C=O) groups is 1. The molecular formula is C25H36N4O2. The predicted molar refractivity (Wildman–Crippen MR) is 122 cm³/mol. The fraction of sp³-hybridized carbons (Fsp3) is 0.600. The van der Waals surface area contributed by atoms with Gasteiger partial charge < -0.3 is 9.64 Å². The molecule has 0 bridgehead atoms. The Labute approximate surface area is 186 Å². The Hall–Kier alpha value is -2.34. The highest BCUT2D eigenvalue weighted by atomic mass is 16.5. The second kappa shape index (κ2) is 10.8. The molecule has 6 nitrogen and oxygen atoms in total. The van der Waals surface area contributed by atoms with Gasteiger partial charge in [0.15, 0.2) is 0 Å². The lowest BCUT2D eigenvalue weighted by molar-refractivity contribution is 0.0759. The second-order valence-electron chi connectivity index (χ2n) is 8.93. The average molecular weight is 425 g/mol. The average Bonchev–Trinajstić information content (AvgIpc) is 3.13. The summed E-state index contributed by atoms with van der Waals surface area (Å²) in [5.41, 5.74) is 3.04. The van der Waals surface area contributed by atoms with Gasteiger partial charge in [0.1, 0.15) is 5.75 Å². The molecule has 2 saturated heterocycles. The number of rotatable bonds is 7. The highest BCUT2D eigenvalue weighted by Gasteiger charge is 2.29. The Morgan fingerprint density at radius 2 is 1.94 bits per heavy atom. The van der Waals surface area contributed by atoms with Gasteiger partial charge in [-0.1, -0.05) is 38.0 Å². The number of nitrogens with one attached hydrogen (secondary N) is 1. The predicted octanol–water partition coefficient (Wildman–Crippen LogP) is 4.59. The van der Waals surface area contributed by atoms with Crippen LogP contribution in [0, 0.1) is 0 Å². The van der Waals surface area contributed by atoms with Crippen molar-refractivity contribution in [1.82, 2.24) is 20.0 Å². The third-order valence-corrected chi connectivity index (χ3v) is 6.53. The van der Waals surface area contributed by atoms with E-state index in [0.29, 0.717) is 5.92 Å². The van der Waals surface area contributed by atoms with Gasteiger partial charge in [-0.3, -0.25) is 14.8 Å². The summed E-state index contributed by atoms with van der Waals surface area (Å²) in [5, 5.41) is 7.47. The van der Waals surface area contributed by atoms with Gasteiger partial charge in [0, 0.05) is 37.7 Å². The number of para-hydroxylation sites is 1. The van der Waals surface area contributed by atoms with Crippen LogP contribution in [0.25, 0.3) is 0 Å². The summed E-state index contributed by atoms with van der Waals surface area (Å²) in [4.78, 5) is 17.8. The third kappa shape index (κ3) is 5.48. The molecule has 2 aliphatic rings. The van der Waals surface area contributed by atoms with Crippen LogP contribution in [0.1, 0.15) is 79.4 Å². The van der Waals surface area contributed by atoms with E-state index in [9.17, 15) is 4.79 Å². The minimum absolute atomic E-state index is 0.154. The van der Waals surface area contributed by atoms with Gasteiger partial charge in [-0.05, 0) is 44.7 Å². The van der Waals surface area contributed by atoms with E-state index < -0.39 is 0 Å². The number of hydrogen-bond donors (Lipinski definition) is 1. The monoisotopic (exact) mass is 424 g/mol. The summed E-state index contributed by atoms with van der Waals surface area (Å²) >= 11 is 0. The Balaban J connectivity index is 1.44. The molecule has 1 aromatic heterocycles. The number of piperidine rings is 1. The molecule has 2 aliphatic heterocycles. The van der Waals surface area contributed by atoms with E-state index in [2.05, 4.69) is 40.2 Å². The molecule has 1 amide bonds. The maximum absolute atomic E-state index is 13.2. The lowest BCUT2D eigenvalue weighted by Gasteiger charge is -2.33. The van der Waals surface area contributed by atoms with Gasteiger partial charge in [0.2, 0.25) is 0 Å².